The highest BCUT2D eigenvalue weighted by Gasteiger charge is 2.71. The van der Waals surface area contributed by atoms with Gasteiger partial charge in [-0.05, 0) is 124 Å². The molecule has 6 aliphatic rings. The van der Waals surface area contributed by atoms with E-state index < -0.39 is 86.3 Å². The van der Waals surface area contributed by atoms with Gasteiger partial charge in [0.2, 0.25) is 0 Å². The summed E-state index contributed by atoms with van der Waals surface area (Å²) in [4.78, 5) is 0. The van der Waals surface area contributed by atoms with Gasteiger partial charge in [-0.3, -0.25) is 0 Å². The number of hydrogen-bond acceptors (Lipinski definition) is 13. The van der Waals surface area contributed by atoms with Crippen molar-refractivity contribution >= 4 is 0 Å². The van der Waals surface area contributed by atoms with Gasteiger partial charge in [-0.15, -0.1) is 0 Å². The van der Waals surface area contributed by atoms with Crippen LogP contribution in [-0.2, 0) is 18.9 Å². The minimum Gasteiger partial charge on any atom is -0.394 e. The first kappa shape index (κ1) is 43.8. The Labute approximate surface area is 327 Å². The zero-order chi connectivity index (χ0) is 40.6. The molecule has 9 N–H and O–H groups in total. The van der Waals surface area contributed by atoms with Crippen molar-refractivity contribution in [2.45, 2.75) is 192 Å². The summed E-state index contributed by atoms with van der Waals surface area (Å²) in [6.07, 6.45) is -6.62. The molecule has 0 aromatic heterocycles. The second kappa shape index (κ2) is 15.7. The van der Waals surface area contributed by atoms with Crippen molar-refractivity contribution in [1.29, 1.82) is 0 Å². The van der Waals surface area contributed by atoms with E-state index in [9.17, 15) is 46.0 Å². The Morgan fingerprint density at radius 1 is 0.727 bits per heavy atom. The van der Waals surface area contributed by atoms with E-state index >= 15 is 0 Å². The maximum atomic E-state index is 12.4. The van der Waals surface area contributed by atoms with Gasteiger partial charge in [0.1, 0.15) is 48.8 Å². The van der Waals surface area contributed by atoms with Crippen LogP contribution in [0, 0.1) is 45.3 Å². The molecule has 2 aliphatic heterocycles. The number of fused-ring (bicyclic) bond motifs is 5. The molecule has 0 unspecified atom stereocenters. The van der Waals surface area contributed by atoms with E-state index in [1.165, 1.54) is 0 Å². The maximum Gasteiger partial charge on any atom is 0.187 e. The molecule has 6 rings (SSSR count). The highest BCUT2D eigenvalue weighted by atomic mass is 16.7. The molecule has 55 heavy (non-hydrogen) atoms. The van der Waals surface area contributed by atoms with Crippen LogP contribution in [-0.4, -0.2) is 138 Å². The first-order chi connectivity index (χ1) is 25.6. The molecule has 0 spiro atoms. The molecule has 6 fully saturated rings. The molecule has 2 heterocycles. The topological polar surface area (TPSA) is 219 Å². The van der Waals surface area contributed by atoms with Gasteiger partial charge in [0.25, 0.3) is 0 Å². The van der Waals surface area contributed by atoms with Crippen molar-refractivity contribution in [1.82, 2.24) is 0 Å². The van der Waals surface area contributed by atoms with Crippen LogP contribution >= 0.6 is 0 Å². The maximum absolute atomic E-state index is 12.4. The third kappa shape index (κ3) is 7.20. The average Bonchev–Trinajstić information content (AvgIpc) is 3.51. The molecular formula is C42H72O13. The fourth-order valence-electron chi connectivity index (χ4n) is 13.2. The number of rotatable bonds is 10. The summed E-state index contributed by atoms with van der Waals surface area (Å²) in [5.74, 6) is 0.389. The third-order valence-corrected chi connectivity index (χ3v) is 16.7. The van der Waals surface area contributed by atoms with Gasteiger partial charge in [0, 0.05) is 0 Å². The summed E-state index contributed by atoms with van der Waals surface area (Å²) in [5, 5.41) is 97.4. The van der Waals surface area contributed by atoms with Crippen LogP contribution in [0.15, 0.2) is 11.6 Å². The number of allylic oxidation sites excluding steroid dienone is 2. The summed E-state index contributed by atoms with van der Waals surface area (Å²) in [5.41, 5.74) is -0.301. The second-order valence-electron chi connectivity index (χ2n) is 20.1. The zero-order valence-electron chi connectivity index (χ0n) is 34.3. The van der Waals surface area contributed by atoms with Crippen molar-refractivity contribution in [3.05, 3.63) is 11.6 Å². The smallest absolute Gasteiger partial charge is 0.187 e. The van der Waals surface area contributed by atoms with Gasteiger partial charge in [-0.1, -0.05) is 46.3 Å². The predicted molar refractivity (Wildman–Crippen MR) is 201 cm³/mol. The predicted octanol–water partition coefficient (Wildman–Crippen LogP) is 2.15. The second-order valence-corrected chi connectivity index (χ2v) is 20.1. The Bertz CT molecular complexity index is 1370. The van der Waals surface area contributed by atoms with Crippen molar-refractivity contribution in [3.63, 3.8) is 0 Å². The Balaban J connectivity index is 1.25. The van der Waals surface area contributed by atoms with Gasteiger partial charge in [-0.25, -0.2) is 0 Å². The van der Waals surface area contributed by atoms with Crippen molar-refractivity contribution in [2.24, 2.45) is 45.3 Å². The molecule has 4 saturated carbocycles. The highest BCUT2D eigenvalue weighted by molar-refractivity contribution is 5.20. The van der Waals surface area contributed by atoms with Gasteiger partial charge in [0.15, 0.2) is 12.6 Å². The molecule has 0 aromatic rings. The van der Waals surface area contributed by atoms with E-state index in [1.807, 2.05) is 20.8 Å². The van der Waals surface area contributed by atoms with E-state index in [0.29, 0.717) is 25.2 Å². The third-order valence-electron chi connectivity index (χ3n) is 16.7. The van der Waals surface area contributed by atoms with Crippen molar-refractivity contribution in [3.8, 4) is 0 Å². The molecule has 0 amide bonds. The molecule has 0 bridgehead atoms. The minimum absolute atomic E-state index is 0.0181. The summed E-state index contributed by atoms with van der Waals surface area (Å²) in [6.45, 7) is 16.7. The molecule has 318 valence electrons. The van der Waals surface area contributed by atoms with Crippen LogP contribution < -0.4 is 0 Å². The van der Waals surface area contributed by atoms with Crippen LogP contribution in [0.5, 0.6) is 0 Å². The lowest BCUT2D eigenvalue weighted by atomic mass is 9.35. The Hall–Kier alpha value is -0.780. The zero-order valence-corrected chi connectivity index (χ0v) is 34.3. The van der Waals surface area contributed by atoms with Crippen LogP contribution in [0.2, 0.25) is 0 Å². The quantitative estimate of drug-likeness (QED) is 0.145. The van der Waals surface area contributed by atoms with E-state index in [0.717, 1.165) is 44.1 Å². The van der Waals surface area contributed by atoms with Crippen LogP contribution in [0.4, 0.5) is 0 Å². The monoisotopic (exact) mass is 784 g/mol. The molecule has 0 aromatic carbocycles. The molecule has 2 saturated heterocycles. The van der Waals surface area contributed by atoms with Crippen molar-refractivity contribution in [2.75, 3.05) is 13.2 Å². The normalized spacial score (nSPS) is 52.0. The summed E-state index contributed by atoms with van der Waals surface area (Å²) < 4.78 is 24.2. The highest BCUT2D eigenvalue weighted by Crippen LogP contribution is 2.76. The van der Waals surface area contributed by atoms with E-state index in [-0.39, 0.29) is 45.5 Å². The number of aliphatic hydroxyl groups is 9. The first-order valence-electron chi connectivity index (χ1n) is 20.9. The lowest BCUT2D eigenvalue weighted by molar-refractivity contribution is -0.349. The molecule has 13 nitrogen and oxygen atoms in total. The van der Waals surface area contributed by atoms with Gasteiger partial charge in [-0.2, -0.15) is 0 Å². The fourth-order valence-corrected chi connectivity index (χ4v) is 13.2. The first-order valence-corrected chi connectivity index (χ1v) is 20.9. The Morgan fingerprint density at radius 3 is 1.96 bits per heavy atom. The largest absolute Gasteiger partial charge is 0.394 e. The standard InChI is InChI=1S/C42H72O13/c1-21(2)10-9-14-42(8,55-37-35(51)33(49)31(47)25(54-37)20-52-36-34(50)32(48)30(46)24(19-43)53-36)22-11-16-41(7)29(22)23(44)18-27-39(5)15-13-28(45)38(3,4)26(39)12-17-40(27,41)6/h10,22-37,43-51H,9,11-20H2,1-8H3/t22-,23+,24+,25+,26+,27+,28+,29-,30+,31+,32-,33-,34+,35+,36+,37-,39+,40+,41+,42-/m0/s1. The molecule has 4 aliphatic carbocycles. The van der Waals surface area contributed by atoms with Gasteiger partial charge < -0.3 is 64.9 Å². The molecular weight excluding hydrogens is 712 g/mol. The minimum atomic E-state index is -1.67. The summed E-state index contributed by atoms with van der Waals surface area (Å²) >= 11 is 0. The lowest BCUT2D eigenvalue weighted by Crippen LogP contribution is -2.67. The molecule has 0 radical (unpaired) electrons. The lowest BCUT2D eigenvalue weighted by Gasteiger charge is -2.70. The van der Waals surface area contributed by atoms with Crippen LogP contribution in [0.3, 0.4) is 0 Å². The van der Waals surface area contributed by atoms with Crippen molar-refractivity contribution < 1.29 is 64.9 Å². The average molecular weight is 785 g/mol. The Kier molecular flexibility index (Phi) is 12.5. The number of hydrogen-bond donors (Lipinski definition) is 9. The van der Waals surface area contributed by atoms with Crippen LogP contribution in [0.1, 0.15) is 113 Å². The van der Waals surface area contributed by atoms with Gasteiger partial charge in [0.05, 0.1) is 31.0 Å². The number of aliphatic hydroxyl groups excluding tert-OH is 9. The van der Waals surface area contributed by atoms with E-state index in [4.69, 9.17) is 18.9 Å². The summed E-state index contributed by atoms with van der Waals surface area (Å²) in [6, 6.07) is 0. The number of ether oxygens (including phenoxy) is 4. The van der Waals surface area contributed by atoms with E-state index in [1.54, 1.807) is 0 Å². The molecule has 20 atom stereocenters. The summed E-state index contributed by atoms with van der Waals surface area (Å²) in [7, 11) is 0. The van der Waals surface area contributed by atoms with E-state index in [2.05, 4.69) is 40.7 Å². The SMILES string of the molecule is CC(C)=CCC[C@](C)(O[C@@H]1O[C@H](CO[C@@H]2O[C@H](CO)[C@@H](O)[C@H](O)[C@H]2O)[C@@H](O)[C@H](O)[C@H]1O)[C@H]1CC[C@]2(C)[C@@H]1[C@H](O)C[C@@H]1[C@]3(C)CC[C@@H](O)C(C)(C)[C@H]3CC[C@]12C. The Morgan fingerprint density at radius 2 is 1.33 bits per heavy atom. The van der Waals surface area contributed by atoms with Crippen LogP contribution in [0.25, 0.3) is 0 Å². The fraction of sp³-hybridized carbons (Fsp3) is 0.952. The molecule has 13 heteroatoms. The van der Waals surface area contributed by atoms with Gasteiger partial charge >= 0.3 is 0 Å².